The van der Waals surface area contributed by atoms with Crippen molar-refractivity contribution in [2.24, 2.45) is 5.41 Å². The second-order valence-corrected chi connectivity index (χ2v) is 6.96. The van der Waals surface area contributed by atoms with E-state index in [0.29, 0.717) is 25.2 Å². The molecule has 5 nitrogen and oxygen atoms in total. The predicted octanol–water partition coefficient (Wildman–Crippen LogP) is 2.69. The van der Waals surface area contributed by atoms with Crippen LogP contribution in [0.3, 0.4) is 0 Å². The number of hydrogen-bond donors (Lipinski definition) is 3. The highest BCUT2D eigenvalue weighted by Crippen LogP contribution is 2.38. The molecule has 138 valence electrons. The van der Waals surface area contributed by atoms with Gasteiger partial charge in [-0.3, -0.25) is 4.79 Å². The molecule has 0 bridgehead atoms. The molecule has 0 heterocycles. The molecule has 0 radical (unpaired) electrons. The molecule has 6 heteroatoms. The van der Waals surface area contributed by atoms with Crippen LogP contribution in [0.4, 0.5) is 0 Å². The van der Waals surface area contributed by atoms with E-state index in [1.807, 2.05) is 37.3 Å². The molecule has 0 spiro atoms. The predicted molar refractivity (Wildman–Crippen MR) is 99.9 cm³/mol. The van der Waals surface area contributed by atoms with Crippen molar-refractivity contribution in [3.8, 4) is 0 Å². The van der Waals surface area contributed by atoms with Crippen molar-refractivity contribution in [2.75, 3.05) is 12.4 Å². The van der Waals surface area contributed by atoms with E-state index in [0.717, 1.165) is 18.4 Å². The second-order valence-electron chi connectivity index (χ2n) is 6.65. The van der Waals surface area contributed by atoms with E-state index in [2.05, 4.69) is 17.9 Å². The lowest BCUT2D eigenvalue weighted by molar-refractivity contribution is -0.144. The lowest BCUT2D eigenvalue weighted by Gasteiger charge is -2.38. The number of benzene rings is 1. The molecule has 1 atom stereocenters. The van der Waals surface area contributed by atoms with Crippen molar-refractivity contribution in [3.63, 3.8) is 0 Å². The van der Waals surface area contributed by atoms with Gasteiger partial charge in [-0.25, -0.2) is 4.79 Å². The first-order valence-electron chi connectivity index (χ1n) is 8.81. The van der Waals surface area contributed by atoms with E-state index in [1.165, 1.54) is 0 Å². The molecule has 25 heavy (non-hydrogen) atoms. The van der Waals surface area contributed by atoms with Gasteiger partial charge in [-0.15, -0.1) is 0 Å². The van der Waals surface area contributed by atoms with Gasteiger partial charge in [0.05, 0.1) is 11.5 Å². The summed E-state index contributed by atoms with van der Waals surface area (Å²) >= 11 is 4.39. The first kappa shape index (κ1) is 19.8. The summed E-state index contributed by atoms with van der Waals surface area (Å²) in [4.78, 5) is 24.5. The fourth-order valence-electron chi connectivity index (χ4n) is 3.36. The summed E-state index contributed by atoms with van der Waals surface area (Å²) in [6.07, 6.45) is 3.41. The van der Waals surface area contributed by atoms with Gasteiger partial charge >= 0.3 is 5.97 Å². The van der Waals surface area contributed by atoms with Crippen LogP contribution in [0, 0.1) is 5.41 Å². The maximum Gasteiger partial charge on any atom is 0.326 e. The summed E-state index contributed by atoms with van der Waals surface area (Å²) in [5, 5.41) is 12.2. The number of rotatable bonds is 8. The Balaban J connectivity index is 2.02. The molecule has 1 aliphatic rings. The number of aliphatic carboxylic acids is 1. The van der Waals surface area contributed by atoms with Crippen LogP contribution in [0.2, 0.25) is 0 Å². The number of hydrogen-bond acceptors (Lipinski definition) is 4. The number of thiol groups is 1. The summed E-state index contributed by atoms with van der Waals surface area (Å²) in [5.74, 6) is -0.815. The second kappa shape index (κ2) is 9.25. The van der Waals surface area contributed by atoms with Gasteiger partial charge in [0, 0.05) is 18.8 Å². The highest BCUT2D eigenvalue weighted by molar-refractivity contribution is 7.80. The SMILES string of the molecule is CCO[C@H]1CC[C@@](CS)(C(=O)N[C@@H](Cc2ccccc2)C(=O)O)CC1. The van der Waals surface area contributed by atoms with Crippen molar-refractivity contribution in [1.82, 2.24) is 5.32 Å². The Morgan fingerprint density at radius 2 is 1.96 bits per heavy atom. The summed E-state index contributed by atoms with van der Waals surface area (Å²) in [6, 6.07) is 8.40. The molecular weight excluding hydrogens is 338 g/mol. The van der Waals surface area contributed by atoms with E-state index in [-0.39, 0.29) is 18.4 Å². The first-order chi connectivity index (χ1) is 12.0. The Kier molecular flexibility index (Phi) is 7.32. The molecule has 1 aliphatic carbocycles. The number of nitrogens with one attached hydrogen (secondary N) is 1. The highest BCUT2D eigenvalue weighted by Gasteiger charge is 2.42. The zero-order valence-electron chi connectivity index (χ0n) is 14.6. The minimum absolute atomic E-state index is 0.186. The van der Waals surface area contributed by atoms with Gasteiger partial charge in [-0.2, -0.15) is 12.6 Å². The third-order valence-electron chi connectivity index (χ3n) is 4.96. The first-order valence-corrected chi connectivity index (χ1v) is 9.44. The van der Waals surface area contributed by atoms with Crippen LogP contribution >= 0.6 is 12.6 Å². The minimum Gasteiger partial charge on any atom is -0.480 e. The summed E-state index contributed by atoms with van der Waals surface area (Å²) in [5.41, 5.74) is 0.274. The molecule has 0 aromatic heterocycles. The fourth-order valence-corrected chi connectivity index (χ4v) is 3.82. The summed E-state index contributed by atoms with van der Waals surface area (Å²) in [6.45, 7) is 2.64. The number of carbonyl (C=O) groups excluding carboxylic acids is 1. The van der Waals surface area contributed by atoms with E-state index in [1.54, 1.807) is 0 Å². The van der Waals surface area contributed by atoms with Crippen LogP contribution < -0.4 is 5.32 Å². The van der Waals surface area contributed by atoms with E-state index < -0.39 is 17.4 Å². The Labute approximate surface area is 154 Å². The van der Waals surface area contributed by atoms with Crippen LogP contribution in [-0.4, -0.2) is 41.5 Å². The molecule has 1 amide bonds. The van der Waals surface area contributed by atoms with Crippen molar-refractivity contribution in [1.29, 1.82) is 0 Å². The van der Waals surface area contributed by atoms with E-state index in [9.17, 15) is 14.7 Å². The average Bonchev–Trinajstić information content (AvgIpc) is 2.63. The van der Waals surface area contributed by atoms with Gasteiger partial charge in [0.1, 0.15) is 6.04 Å². The highest BCUT2D eigenvalue weighted by atomic mass is 32.1. The number of ether oxygens (including phenoxy) is 1. The summed E-state index contributed by atoms with van der Waals surface area (Å²) < 4.78 is 5.65. The summed E-state index contributed by atoms with van der Waals surface area (Å²) in [7, 11) is 0. The molecule has 2 rings (SSSR count). The van der Waals surface area contributed by atoms with Crippen molar-refractivity contribution in [3.05, 3.63) is 35.9 Å². The number of carbonyl (C=O) groups is 2. The van der Waals surface area contributed by atoms with Gasteiger partial charge in [0.15, 0.2) is 0 Å². The van der Waals surface area contributed by atoms with Crippen molar-refractivity contribution >= 4 is 24.5 Å². The van der Waals surface area contributed by atoms with Crippen molar-refractivity contribution in [2.45, 2.75) is 51.2 Å². The fraction of sp³-hybridized carbons (Fsp3) is 0.579. The number of amides is 1. The van der Waals surface area contributed by atoms with Gasteiger partial charge in [0.25, 0.3) is 0 Å². The smallest absolute Gasteiger partial charge is 0.326 e. The van der Waals surface area contributed by atoms with Crippen LogP contribution in [0.1, 0.15) is 38.2 Å². The van der Waals surface area contributed by atoms with Crippen molar-refractivity contribution < 1.29 is 19.4 Å². The van der Waals surface area contributed by atoms with Crippen LogP contribution in [0.5, 0.6) is 0 Å². The van der Waals surface area contributed by atoms with Gasteiger partial charge in [-0.05, 0) is 38.2 Å². The Morgan fingerprint density at radius 3 is 2.48 bits per heavy atom. The van der Waals surface area contributed by atoms with Gasteiger partial charge in [0.2, 0.25) is 5.91 Å². The zero-order chi connectivity index (χ0) is 18.3. The standard InChI is InChI=1S/C19H27NO4S/c1-2-24-15-8-10-19(13-25,11-9-15)18(23)20-16(17(21)22)12-14-6-4-3-5-7-14/h3-7,15-16,25H,2,8-13H2,1H3,(H,20,23)(H,21,22)/t15-,16-,19+/m0/s1. The minimum atomic E-state index is -1.02. The maximum absolute atomic E-state index is 12.9. The molecule has 1 aromatic rings. The Morgan fingerprint density at radius 1 is 1.32 bits per heavy atom. The lowest BCUT2D eigenvalue weighted by Crippen LogP contribution is -2.51. The molecule has 0 aliphatic heterocycles. The number of carboxylic acid groups (broad SMARTS) is 1. The molecule has 1 fully saturated rings. The van der Waals surface area contributed by atoms with Crippen LogP contribution in [0.15, 0.2) is 30.3 Å². The zero-order valence-corrected chi connectivity index (χ0v) is 15.5. The van der Waals surface area contributed by atoms with Crippen LogP contribution in [0.25, 0.3) is 0 Å². The van der Waals surface area contributed by atoms with Gasteiger partial charge in [-0.1, -0.05) is 30.3 Å². The topological polar surface area (TPSA) is 75.6 Å². The molecule has 2 N–H and O–H groups in total. The monoisotopic (exact) mass is 365 g/mol. The molecule has 1 aromatic carbocycles. The Hall–Kier alpha value is -1.53. The van der Waals surface area contributed by atoms with Crippen LogP contribution in [-0.2, 0) is 20.7 Å². The van der Waals surface area contributed by atoms with E-state index >= 15 is 0 Å². The molecule has 1 saturated carbocycles. The third kappa shape index (κ3) is 5.22. The Bertz CT molecular complexity index is 570. The molecular formula is C19H27NO4S. The maximum atomic E-state index is 12.9. The molecule has 0 saturated heterocycles. The average molecular weight is 365 g/mol. The normalized spacial score (nSPS) is 24.5. The third-order valence-corrected chi connectivity index (χ3v) is 5.57. The number of carboxylic acids is 1. The quantitative estimate of drug-likeness (QED) is 0.619. The van der Waals surface area contributed by atoms with E-state index in [4.69, 9.17) is 4.74 Å². The van der Waals surface area contributed by atoms with Gasteiger partial charge < -0.3 is 15.2 Å². The lowest BCUT2D eigenvalue weighted by atomic mass is 9.73. The largest absolute Gasteiger partial charge is 0.480 e. The molecule has 0 unspecified atom stereocenters.